The lowest BCUT2D eigenvalue weighted by molar-refractivity contribution is -0.143. The molecule has 0 radical (unpaired) electrons. The van der Waals surface area contributed by atoms with Gasteiger partial charge in [0.15, 0.2) is 0 Å². The van der Waals surface area contributed by atoms with Crippen molar-refractivity contribution in [2.75, 3.05) is 13.1 Å². The van der Waals surface area contributed by atoms with E-state index in [1.807, 2.05) is 6.92 Å². The van der Waals surface area contributed by atoms with Gasteiger partial charge in [0.05, 0.1) is 5.92 Å². The van der Waals surface area contributed by atoms with Crippen molar-refractivity contribution in [2.45, 2.75) is 45.4 Å². The summed E-state index contributed by atoms with van der Waals surface area (Å²) in [5.41, 5.74) is 0. The highest BCUT2D eigenvalue weighted by molar-refractivity contribution is 5.69. The van der Waals surface area contributed by atoms with E-state index in [1.54, 1.807) is 0 Å². The van der Waals surface area contributed by atoms with E-state index in [2.05, 4.69) is 5.32 Å². The number of carboxylic acids is 1. The largest absolute Gasteiger partial charge is 0.481 e. The van der Waals surface area contributed by atoms with E-state index in [0.717, 1.165) is 31.3 Å². The van der Waals surface area contributed by atoms with Gasteiger partial charge in [-0.1, -0.05) is 39.0 Å². The summed E-state index contributed by atoms with van der Waals surface area (Å²) in [6.45, 7) is 3.85. The molecule has 0 aromatic rings. The number of hydrogen-bond donors (Lipinski definition) is 2. The fourth-order valence-corrected chi connectivity index (χ4v) is 3.56. The topological polar surface area (TPSA) is 49.3 Å². The zero-order valence-electron chi connectivity index (χ0n) is 10.8. The molecule has 1 aliphatic heterocycles. The molecule has 0 amide bonds. The Balaban J connectivity index is 1.89. The fraction of sp³-hybridized carbons (Fsp3) is 0.929. The first-order valence-corrected chi connectivity index (χ1v) is 7.12. The van der Waals surface area contributed by atoms with Crippen LogP contribution in [-0.4, -0.2) is 24.2 Å². The number of aliphatic carboxylic acids is 1. The summed E-state index contributed by atoms with van der Waals surface area (Å²) < 4.78 is 0. The molecule has 17 heavy (non-hydrogen) atoms. The van der Waals surface area contributed by atoms with Crippen LogP contribution < -0.4 is 5.32 Å². The van der Waals surface area contributed by atoms with Crippen LogP contribution in [0.2, 0.25) is 0 Å². The van der Waals surface area contributed by atoms with E-state index in [0.29, 0.717) is 5.92 Å². The lowest BCUT2D eigenvalue weighted by Crippen LogP contribution is -2.43. The van der Waals surface area contributed by atoms with Crippen LogP contribution in [-0.2, 0) is 4.79 Å². The zero-order valence-corrected chi connectivity index (χ0v) is 10.8. The molecule has 2 N–H and O–H groups in total. The molecule has 1 heterocycles. The molecule has 1 unspecified atom stereocenters. The summed E-state index contributed by atoms with van der Waals surface area (Å²) in [6, 6.07) is 0. The van der Waals surface area contributed by atoms with Gasteiger partial charge in [-0.25, -0.2) is 0 Å². The van der Waals surface area contributed by atoms with Gasteiger partial charge in [0.25, 0.3) is 0 Å². The first-order chi connectivity index (χ1) is 8.18. The third-order valence-electron chi connectivity index (χ3n) is 4.83. The van der Waals surface area contributed by atoms with Gasteiger partial charge >= 0.3 is 5.97 Å². The highest BCUT2D eigenvalue weighted by Gasteiger charge is 2.33. The maximum atomic E-state index is 11.1. The Bertz CT molecular complexity index is 261. The molecular weight excluding hydrogens is 214 g/mol. The Morgan fingerprint density at radius 3 is 2.53 bits per heavy atom. The summed E-state index contributed by atoms with van der Waals surface area (Å²) in [7, 11) is 0. The summed E-state index contributed by atoms with van der Waals surface area (Å²) in [6.07, 6.45) is 7.98. The molecule has 1 aliphatic carbocycles. The molecule has 2 aliphatic rings. The molecule has 0 aromatic carbocycles. The van der Waals surface area contributed by atoms with Crippen LogP contribution in [0.15, 0.2) is 0 Å². The summed E-state index contributed by atoms with van der Waals surface area (Å²) in [4.78, 5) is 11.1. The molecular formula is C14H25NO2. The van der Waals surface area contributed by atoms with Crippen molar-refractivity contribution in [1.29, 1.82) is 0 Å². The van der Waals surface area contributed by atoms with Gasteiger partial charge in [-0.3, -0.25) is 4.79 Å². The Morgan fingerprint density at radius 2 is 1.88 bits per heavy atom. The van der Waals surface area contributed by atoms with Crippen molar-refractivity contribution in [3.63, 3.8) is 0 Å². The normalized spacial score (nSPS) is 33.2. The van der Waals surface area contributed by atoms with Crippen molar-refractivity contribution in [1.82, 2.24) is 5.32 Å². The van der Waals surface area contributed by atoms with Crippen LogP contribution in [0, 0.1) is 23.7 Å². The second kappa shape index (κ2) is 5.85. The van der Waals surface area contributed by atoms with Gasteiger partial charge < -0.3 is 10.4 Å². The number of rotatable bonds is 3. The molecule has 1 saturated carbocycles. The lowest BCUT2D eigenvalue weighted by atomic mass is 9.72. The van der Waals surface area contributed by atoms with Crippen LogP contribution in [0.4, 0.5) is 0 Å². The van der Waals surface area contributed by atoms with E-state index < -0.39 is 5.97 Å². The second-order valence-corrected chi connectivity index (χ2v) is 5.94. The second-order valence-electron chi connectivity index (χ2n) is 5.94. The molecule has 0 spiro atoms. The Labute approximate surface area is 104 Å². The van der Waals surface area contributed by atoms with Gasteiger partial charge in [-0.15, -0.1) is 0 Å². The predicted molar refractivity (Wildman–Crippen MR) is 67.8 cm³/mol. The maximum absolute atomic E-state index is 11.1. The highest BCUT2D eigenvalue weighted by Crippen LogP contribution is 2.36. The molecule has 0 bridgehead atoms. The minimum Gasteiger partial charge on any atom is -0.481 e. The molecule has 2 fully saturated rings. The lowest BCUT2D eigenvalue weighted by Gasteiger charge is -2.38. The number of nitrogens with one attached hydrogen (secondary N) is 1. The monoisotopic (exact) mass is 239 g/mol. The van der Waals surface area contributed by atoms with Crippen molar-refractivity contribution >= 4 is 5.97 Å². The molecule has 0 aromatic heterocycles. The van der Waals surface area contributed by atoms with Crippen molar-refractivity contribution in [3.8, 4) is 0 Å². The molecule has 98 valence electrons. The van der Waals surface area contributed by atoms with Crippen molar-refractivity contribution in [3.05, 3.63) is 0 Å². The molecule has 3 nitrogen and oxygen atoms in total. The quantitative estimate of drug-likeness (QED) is 0.795. The average Bonchev–Trinajstić information content (AvgIpc) is 2.39. The van der Waals surface area contributed by atoms with Gasteiger partial charge in [0.1, 0.15) is 0 Å². The summed E-state index contributed by atoms with van der Waals surface area (Å²) >= 11 is 0. The van der Waals surface area contributed by atoms with E-state index in [-0.39, 0.29) is 5.92 Å². The maximum Gasteiger partial charge on any atom is 0.306 e. The third kappa shape index (κ3) is 3.21. The minimum absolute atomic E-state index is 0.200. The first kappa shape index (κ1) is 12.9. The number of hydrogen-bond acceptors (Lipinski definition) is 2. The van der Waals surface area contributed by atoms with Crippen molar-refractivity contribution in [2.24, 2.45) is 23.7 Å². The third-order valence-corrected chi connectivity index (χ3v) is 4.83. The standard InChI is InChI=1S/C14H25NO2/c1-10(14(16)17)12-7-13(9-15-8-12)11-5-3-2-4-6-11/h10-13,15H,2-9H2,1H3,(H,16,17)/t10?,12-,13+/m1/s1. The Kier molecular flexibility index (Phi) is 4.43. The van der Waals surface area contributed by atoms with Crippen LogP contribution in [0.5, 0.6) is 0 Å². The summed E-state index contributed by atoms with van der Waals surface area (Å²) in [5.74, 6) is 1.05. The Hall–Kier alpha value is -0.570. The first-order valence-electron chi connectivity index (χ1n) is 7.12. The highest BCUT2D eigenvalue weighted by atomic mass is 16.4. The van der Waals surface area contributed by atoms with Gasteiger partial charge in [-0.05, 0) is 37.3 Å². The molecule has 1 saturated heterocycles. The molecule has 3 heteroatoms. The van der Waals surface area contributed by atoms with Crippen LogP contribution in [0.3, 0.4) is 0 Å². The van der Waals surface area contributed by atoms with Crippen LogP contribution >= 0.6 is 0 Å². The summed E-state index contributed by atoms with van der Waals surface area (Å²) in [5, 5.41) is 12.6. The Morgan fingerprint density at radius 1 is 1.18 bits per heavy atom. The SMILES string of the molecule is CC(C(=O)O)[C@H]1CNC[C@@H](C2CCCCC2)C1. The number of carboxylic acid groups (broad SMARTS) is 1. The smallest absolute Gasteiger partial charge is 0.306 e. The van der Waals surface area contributed by atoms with Gasteiger partial charge in [-0.2, -0.15) is 0 Å². The van der Waals surface area contributed by atoms with Crippen LogP contribution in [0.25, 0.3) is 0 Å². The van der Waals surface area contributed by atoms with E-state index >= 15 is 0 Å². The molecule has 3 atom stereocenters. The molecule has 2 rings (SSSR count). The van der Waals surface area contributed by atoms with Crippen molar-refractivity contribution < 1.29 is 9.90 Å². The van der Waals surface area contributed by atoms with Gasteiger partial charge in [0.2, 0.25) is 0 Å². The minimum atomic E-state index is -0.638. The number of carbonyl (C=O) groups is 1. The fourth-order valence-electron chi connectivity index (χ4n) is 3.56. The average molecular weight is 239 g/mol. The zero-order chi connectivity index (χ0) is 12.3. The van der Waals surface area contributed by atoms with E-state index in [1.165, 1.54) is 32.1 Å². The van der Waals surface area contributed by atoms with Gasteiger partial charge in [0, 0.05) is 0 Å². The predicted octanol–water partition coefficient (Wildman–Crippen LogP) is 2.51. The van der Waals surface area contributed by atoms with Crippen LogP contribution in [0.1, 0.15) is 45.4 Å². The van der Waals surface area contributed by atoms with E-state index in [9.17, 15) is 4.79 Å². The van der Waals surface area contributed by atoms with E-state index in [4.69, 9.17) is 5.11 Å². The number of piperidine rings is 1.